The number of aryl methyl sites for hydroxylation is 3. The van der Waals surface area contributed by atoms with Crippen LogP contribution in [-0.4, -0.2) is 30.5 Å². The SMILES string of the molecule is C.CC.[B]/C(=C/N)c1cc(-c2ccccc2C)cc(CCc2ccc(CNC(=O)CCCCO)cc2)n1. The molecule has 1 aromatic heterocycles. The number of hydrogen-bond donors (Lipinski definition) is 3. The highest BCUT2D eigenvalue weighted by Crippen LogP contribution is 2.26. The first-order chi connectivity index (χ1) is 17.5. The van der Waals surface area contributed by atoms with E-state index in [2.05, 4.69) is 42.6 Å². The maximum atomic E-state index is 11.8. The molecule has 0 aliphatic carbocycles. The van der Waals surface area contributed by atoms with Crippen molar-refractivity contribution in [1.29, 1.82) is 0 Å². The summed E-state index contributed by atoms with van der Waals surface area (Å²) in [7, 11) is 6.09. The number of carbonyl (C=O) groups excluding carboxylic acids is 1. The van der Waals surface area contributed by atoms with Gasteiger partial charge in [-0.2, -0.15) is 0 Å². The van der Waals surface area contributed by atoms with E-state index in [0.29, 0.717) is 37.0 Å². The third-order valence-corrected chi connectivity index (χ3v) is 5.80. The van der Waals surface area contributed by atoms with Gasteiger partial charge in [-0.25, -0.2) is 0 Å². The lowest BCUT2D eigenvalue weighted by Crippen LogP contribution is -2.22. The number of hydrogen-bond acceptors (Lipinski definition) is 4. The second-order valence-electron chi connectivity index (χ2n) is 8.44. The first-order valence-electron chi connectivity index (χ1n) is 12.7. The Kier molecular flexibility index (Phi) is 14.7. The molecule has 0 fully saturated rings. The molecule has 6 heteroatoms. The van der Waals surface area contributed by atoms with Crippen molar-refractivity contribution >= 4 is 19.2 Å². The van der Waals surface area contributed by atoms with E-state index in [0.717, 1.165) is 35.2 Å². The van der Waals surface area contributed by atoms with E-state index in [4.69, 9.17) is 23.7 Å². The van der Waals surface area contributed by atoms with Gasteiger partial charge < -0.3 is 16.2 Å². The molecule has 0 spiro atoms. The molecule has 4 N–H and O–H groups in total. The number of unbranched alkanes of at least 4 members (excludes halogenated alkanes) is 1. The van der Waals surface area contributed by atoms with E-state index in [1.54, 1.807) is 0 Å². The number of pyridine rings is 1. The maximum absolute atomic E-state index is 11.8. The summed E-state index contributed by atoms with van der Waals surface area (Å²) >= 11 is 0. The molecule has 1 heterocycles. The number of rotatable bonds is 11. The lowest BCUT2D eigenvalue weighted by atomic mass is 9.90. The highest BCUT2D eigenvalue weighted by Gasteiger charge is 2.09. The van der Waals surface area contributed by atoms with Crippen LogP contribution in [-0.2, 0) is 24.2 Å². The molecule has 0 aliphatic heterocycles. The Hall–Kier alpha value is -3.38. The number of aliphatic hydroxyl groups is 1. The van der Waals surface area contributed by atoms with E-state index in [-0.39, 0.29) is 19.9 Å². The lowest BCUT2D eigenvalue weighted by Gasteiger charge is -2.12. The minimum Gasteiger partial charge on any atom is -0.405 e. The summed E-state index contributed by atoms with van der Waals surface area (Å²) in [5, 5.41) is 11.7. The Morgan fingerprint density at radius 1 is 1.03 bits per heavy atom. The molecule has 0 aliphatic rings. The molecule has 2 aromatic carbocycles. The monoisotopic (exact) mass is 499 g/mol. The third-order valence-electron chi connectivity index (χ3n) is 5.80. The number of aliphatic hydroxyl groups excluding tert-OH is 1. The molecule has 0 bridgehead atoms. The fourth-order valence-corrected chi connectivity index (χ4v) is 3.78. The number of nitrogens with one attached hydrogen (secondary N) is 1. The first-order valence-corrected chi connectivity index (χ1v) is 12.7. The average Bonchev–Trinajstić information content (AvgIpc) is 2.92. The minimum absolute atomic E-state index is 0. The van der Waals surface area contributed by atoms with Crippen LogP contribution in [0, 0.1) is 6.92 Å². The predicted molar refractivity (Wildman–Crippen MR) is 157 cm³/mol. The van der Waals surface area contributed by atoms with Gasteiger partial charge in [0.25, 0.3) is 0 Å². The molecule has 0 saturated carbocycles. The molecule has 1 amide bonds. The predicted octanol–water partition coefficient (Wildman–Crippen LogP) is 5.71. The highest BCUT2D eigenvalue weighted by atomic mass is 16.3. The third kappa shape index (κ3) is 10.3. The molecule has 0 atom stereocenters. The smallest absolute Gasteiger partial charge is 0.220 e. The van der Waals surface area contributed by atoms with Crippen LogP contribution >= 0.6 is 0 Å². The molecule has 5 nitrogen and oxygen atoms in total. The zero-order chi connectivity index (χ0) is 26.3. The van der Waals surface area contributed by atoms with E-state index < -0.39 is 0 Å². The zero-order valence-electron chi connectivity index (χ0n) is 21.8. The van der Waals surface area contributed by atoms with Crippen molar-refractivity contribution in [3.05, 3.63) is 94.9 Å². The standard InChI is InChI=1S/C28H32BN3O2.C2H6.CH4/c1-20-6-2-3-7-25(20)23-16-24(32-27(17-23)26(29)18-30)14-13-21-9-11-22(12-10-21)19-31-28(34)8-4-5-15-33;1-2;/h2-3,6-7,9-12,16-18,33H,4-5,8,13-15,19,30H2,1H3,(H,31,34);1-2H3;1H4/b26-18+;;. The van der Waals surface area contributed by atoms with Crippen molar-refractivity contribution in [2.75, 3.05) is 6.61 Å². The quantitative estimate of drug-likeness (QED) is 0.233. The van der Waals surface area contributed by atoms with Gasteiger partial charge in [-0.1, -0.05) is 75.3 Å². The molecule has 2 radical (unpaired) electrons. The Morgan fingerprint density at radius 3 is 2.35 bits per heavy atom. The summed E-state index contributed by atoms with van der Waals surface area (Å²) in [6, 6.07) is 20.6. The summed E-state index contributed by atoms with van der Waals surface area (Å²) in [6.45, 7) is 6.72. The largest absolute Gasteiger partial charge is 0.405 e. The van der Waals surface area contributed by atoms with E-state index in [9.17, 15) is 4.79 Å². The number of carbonyl (C=O) groups is 1. The van der Waals surface area contributed by atoms with Crippen molar-refractivity contribution < 1.29 is 9.90 Å². The summed E-state index contributed by atoms with van der Waals surface area (Å²) < 4.78 is 0. The lowest BCUT2D eigenvalue weighted by molar-refractivity contribution is -0.121. The summed E-state index contributed by atoms with van der Waals surface area (Å²) in [5.41, 5.74) is 13.4. The minimum atomic E-state index is 0. The second-order valence-corrected chi connectivity index (χ2v) is 8.44. The Labute approximate surface area is 224 Å². The van der Waals surface area contributed by atoms with Crippen molar-refractivity contribution in [3.63, 3.8) is 0 Å². The van der Waals surface area contributed by atoms with Crippen LogP contribution in [0.25, 0.3) is 16.6 Å². The number of nitrogens with zero attached hydrogens (tertiary/aromatic N) is 1. The van der Waals surface area contributed by atoms with Gasteiger partial charge in [0.1, 0.15) is 7.85 Å². The zero-order valence-corrected chi connectivity index (χ0v) is 21.8. The van der Waals surface area contributed by atoms with Gasteiger partial charge in [-0.05, 0) is 78.8 Å². The van der Waals surface area contributed by atoms with Gasteiger partial charge in [0.15, 0.2) is 0 Å². The van der Waals surface area contributed by atoms with Crippen LogP contribution in [0.2, 0.25) is 0 Å². The van der Waals surface area contributed by atoms with E-state index in [1.807, 2.05) is 44.2 Å². The Balaban J connectivity index is 0.00000223. The molecule has 3 rings (SSSR count). The van der Waals surface area contributed by atoms with Crippen LogP contribution in [0.4, 0.5) is 0 Å². The van der Waals surface area contributed by atoms with Crippen molar-refractivity contribution in [2.45, 2.75) is 66.8 Å². The van der Waals surface area contributed by atoms with Gasteiger partial charge in [0.2, 0.25) is 5.91 Å². The number of amides is 1. The van der Waals surface area contributed by atoms with Crippen LogP contribution in [0.15, 0.2) is 66.9 Å². The Bertz CT molecular complexity index is 1130. The van der Waals surface area contributed by atoms with Gasteiger partial charge in [-0.15, -0.1) is 0 Å². The number of nitrogens with two attached hydrogens (primary N) is 1. The summed E-state index contributed by atoms with van der Waals surface area (Å²) in [6.07, 6.45) is 4.79. The molecule has 3 aromatic rings. The van der Waals surface area contributed by atoms with Gasteiger partial charge in [0.05, 0.1) is 5.69 Å². The van der Waals surface area contributed by atoms with Gasteiger partial charge in [-0.3, -0.25) is 9.78 Å². The van der Waals surface area contributed by atoms with Crippen molar-refractivity contribution in [2.24, 2.45) is 5.73 Å². The average molecular weight is 500 g/mol. The fraction of sp³-hybridized carbons (Fsp3) is 0.355. The van der Waals surface area contributed by atoms with E-state index in [1.165, 1.54) is 17.3 Å². The van der Waals surface area contributed by atoms with Crippen LogP contribution in [0.3, 0.4) is 0 Å². The first kappa shape index (κ1) is 31.7. The highest BCUT2D eigenvalue weighted by molar-refractivity contribution is 6.41. The van der Waals surface area contributed by atoms with E-state index >= 15 is 0 Å². The molecular formula is C31H42BN3O2. The van der Waals surface area contributed by atoms with Crippen LogP contribution < -0.4 is 11.1 Å². The molecule has 0 unspecified atom stereocenters. The number of aromatic nitrogens is 1. The fourth-order valence-electron chi connectivity index (χ4n) is 3.78. The summed E-state index contributed by atoms with van der Waals surface area (Å²) in [4.78, 5) is 16.6. The van der Waals surface area contributed by atoms with Crippen molar-refractivity contribution in [1.82, 2.24) is 10.3 Å². The number of benzene rings is 2. The second kappa shape index (κ2) is 17.1. The topological polar surface area (TPSA) is 88.2 Å². The molecule has 0 saturated heterocycles. The van der Waals surface area contributed by atoms with Gasteiger partial charge in [0, 0.05) is 25.3 Å². The normalized spacial score (nSPS) is 10.6. The van der Waals surface area contributed by atoms with Gasteiger partial charge >= 0.3 is 0 Å². The van der Waals surface area contributed by atoms with Crippen LogP contribution in [0.1, 0.15) is 68.6 Å². The molecular weight excluding hydrogens is 457 g/mol. The maximum Gasteiger partial charge on any atom is 0.220 e. The van der Waals surface area contributed by atoms with Crippen LogP contribution in [0.5, 0.6) is 0 Å². The summed E-state index contributed by atoms with van der Waals surface area (Å²) in [5.74, 6) is 0.0127. The Morgan fingerprint density at radius 2 is 1.70 bits per heavy atom. The van der Waals surface area contributed by atoms with Crippen molar-refractivity contribution in [3.8, 4) is 11.1 Å². The molecule has 196 valence electrons. The molecule has 37 heavy (non-hydrogen) atoms.